The Morgan fingerprint density at radius 2 is 1.75 bits per heavy atom. The van der Waals surface area contributed by atoms with Crippen molar-refractivity contribution in [3.8, 4) is 10.7 Å². The minimum absolute atomic E-state index is 0.150. The number of anilines is 2. The van der Waals surface area contributed by atoms with Crippen molar-refractivity contribution in [3.63, 3.8) is 0 Å². The third-order valence-corrected chi connectivity index (χ3v) is 6.42. The molecule has 0 atom stereocenters. The number of rotatable bonds is 8. The molecule has 2 N–H and O–H groups in total. The van der Waals surface area contributed by atoms with Gasteiger partial charge in [-0.3, -0.25) is 9.59 Å². The van der Waals surface area contributed by atoms with Crippen LogP contribution in [0, 0.1) is 0 Å². The fraction of sp³-hybridized carbons (Fsp3) is 0.130. The summed E-state index contributed by atoms with van der Waals surface area (Å²) in [5, 5.41) is 16.9. The zero-order valence-corrected chi connectivity index (χ0v) is 19.0. The van der Waals surface area contributed by atoms with Crippen LogP contribution in [-0.2, 0) is 11.3 Å². The van der Waals surface area contributed by atoms with Gasteiger partial charge >= 0.3 is 0 Å². The van der Waals surface area contributed by atoms with E-state index in [1.54, 1.807) is 35.6 Å². The maximum Gasteiger partial charge on any atom is 0.257 e. The van der Waals surface area contributed by atoms with Gasteiger partial charge in [0.15, 0.2) is 11.0 Å². The van der Waals surface area contributed by atoms with Gasteiger partial charge < -0.3 is 15.2 Å². The lowest BCUT2D eigenvalue weighted by atomic mass is 10.1. The Balaban J connectivity index is 1.42. The van der Waals surface area contributed by atoms with Crippen molar-refractivity contribution < 1.29 is 9.59 Å². The van der Waals surface area contributed by atoms with Crippen LogP contribution < -0.4 is 10.6 Å². The van der Waals surface area contributed by atoms with Crippen molar-refractivity contribution in [2.75, 3.05) is 16.4 Å². The lowest BCUT2D eigenvalue weighted by Gasteiger charge is -2.11. The second kappa shape index (κ2) is 10.3. The van der Waals surface area contributed by atoms with E-state index in [4.69, 9.17) is 0 Å². The molecule has 0 aliphatic rings. The predicted molar refractivity (Wildman–Crippen MR) is 129 cm³/mol. The average molecular weight is 464 g/mol. The highest BCUT2D eigenvalue weighted by Gasteiger charge is 2.17. The summed E-state index contributed by atoms with van der Waals surface area (Å²) in [7, 11) is 0. The molecule has 0 aliphatic carbocycles. The van der Waals surface area contributed by atoms with Crippen molar-refractivity contribution in [2.24, 2.45) is 0 Å². The summed E-state index contributed by atoms with van der Waals surface area (Å²) in [4.78, 5) is 26.4. The number of amides is 2. The van der Waals surface area contributed by atoms with Crippen molar-refractivity contribution in [2.45, 2.75) is 18.6 Å². The van der Waals surface area contributed by atoms with Gasteiger partial charge in [0.2, 0.25) is 5.91 Å². The quantitative estimate of drug-likeness (QED) is 0.359. The van der Waals surface area contributed by atoms with Crippen LogP contribution in [0.2, 0.25) is 0 Å². The fourth-order valence-electron chi connectivity index (χ4n) is 3.10. The normalized spacial score (nSPS) is 10.7. The van der Waals surface area contributed by atoms with Crippen LogP contribution in [0.25, 0.3) is 10.7 Å². The Bertz CT molecular complexity index is 1210. The first-order valence-electron chi connectivity index (χ1n) is 10.0. The number of nitrogens with one attached hydrogen (secondary N) is 2. The molecular weight excluding hydrogens is 442 g/mol. The molecule has 0 aliphatic heterocycles. The topological polar surface area (TPSA) is 88.9 Å². The van der Waals surface area contributed by atoms with E-state index >= 15 is 0 Å². The van der Waals surface area contributed by atoms with E-state index in [0.717, 1.165) is 10.7 Å². The Morgan fingerprint density at radius 3 is 2.50 bits per heavy atom. The number of para-hydroxylation sites is 2. The van der Waals surface area contributed by atoms with Crippen molar-refractivity contribution in [3.05, 3.63) is 77.7 Å². The molecule has 0 saturated carbocycles. The summed E-state index contributed by atoms with van der Waals surface area (Å²) < 4.78 is 1.99. The van der Waals surface area contributed by atoms with Crippen molar-refractivity contribution in [1.29, 1.82) is 0 Å². The molecule has 162 valence electrons. The molecule has 7 nitrogen and oxygen atoms in total. The van der Waals surface area contributed by atoms with E-state index < -0.39 is 0 Å². The van der Waals surface area contributed by atoms with Crippen molar-refractivity contribution in [1.82, 2.24) is 14.8 Å². The monoisotopic (exact) mass is 463 g/mol. The summed E-state index contributed by atoms with van der Waals surface area (Å²) >= 11 is 2.92. The number of benzene rings is 2. The van der Waals surface area contributed by atoms with Gasteiger partial charge in [0.05, 0.1) is 21.9 Å². The zero-order valence-electron chi connectivity index (χ0n) is 17.3. The van der Waals surface area contributed by atoms with E-state index in [1.165, 1.54) is 11.8 Å². The number of carbonyl (C=O) groups is 2. The van der Waals surface area contributed by atoms with Crippen LogP contribution in [0.5, 0.6) is 0 Å². The molecule has 9 heteroatoms. The Morgan fingerprint density at radius 1 is 0.969 bits per heavy atom. The molecule has 0 unspecified atom stereocenters. The first-order valence-corrected chi connectivity index (χ1v) is 11.9. The molecule has 0 radical (unpaired) electrons. The van der Waals surface area contributed by atoms with Crippen LogP contribution in [0.3, 0.4) is 0 Å². The maximum absolute atomic E-state index is 12.7. The van der Waals surface area contributed by atoms with Gasteiger partial charge in [-0.15, -0.1) is 21.5 Å². The SMILES string of the molecule is CCn1c(SCC(=O)Nc2ccccc2C(=O)Nc2ccccc2)nnc1-c1cccs1. The predicted octanol–water partition coefficient (Wildman–Crippen LogP) is 5.01. The molecule has 2 aromatic carbocycles. The van der Waals surface area contributed by atoms with E-state index in [1.807, 2.05) is 59.3 Å². The molecule has 32 heavy (non-hydrogen) atoms. The highest BCUT2D eigenvalue weighted by molar-refractivity contribution is 7.99. The first kappa shape index (κ1) is 21.8. The van der Waals surface area contributed by atoms with Crippen LogP contribution in [-0.4, -0.2) is 32.3 Å². The van der Waals surface area contributed by atoms with E-state index in [9.17, 15) is 9.59 Å². The fourth-order valence-corrected chi connectivity index (χ4v) is 4.61. The Kier molecular flexibility index (Phi) is 6.98. The molecule has 2 amide bonds. The largest absolute Gasteiger partial charge is 0.325 e. The van der Waals surface area contributed by atoms with E-state index in [-0.39, 0.29) is 17.6 Å². The Hall–Kier alpha value is -3.43. The third kappa shape index (κ3) is 5.06. The number of thioether (sulfide) groups is 1. The second-order valence-corrected chi connectivity index (χ2v) is 8.62. The van der Waals surface area contributed by atoms with E-state index in [0.29, 0.717) is 28.6 Å². The molecular formula is C23H21N5O2S2. The average Bonchev–Trinajstić information content (AvgIpc) is 3.48. The van der Waals surface area contributed by atoms with Gasteiger partial charge in [-0.05, 0) is 42.6 Å². The highest BCUT2D eigenvalue weighted by Crippen LogP contribution is 2.27. The van der Waals surface area contributed by atoms with Gasteiger partial charge in [0.1, 0.15) is 0 Å². The highest BCUT2D eigenvalue weighted by atomic mass is 32.2. The molecule has 0 fully saturated rings. The minimum Gasteiger partial charge on any atom is -0.325 e. The smallest absolute Gasteiger partial charge is 0.257 e. The van der Waals surface area contributed by atoms with Crippen LogP contribution in [0.1, 0.15) is 17.3 Å². The number of hydrogen-bond donors (Lipinski definition) is 2. The van der Waals surface area contributed by atoms with Gasteiger partial charge in [0.25, 0.3) is 5.91 Å². The Labute approximate surface area is 193 Å². The van der Waals surface area contributed by atoms with Gasteiger partial charge in [-0.2, -0.15) is 0 Å². The zero-order chi connectivity index (χ0) is 22.3. The lowest BCUT2D eigenvalue weighted by molar-refractivity contribution is -0.113. The van der Waals surface area contributed by atoms with Gasteiger partial charge in [-0.1, -0.05) is 48.2 Å². The van der Waals surface area contributed by atoms with Crippen LogP contribution >= 0.6 is 23.1 Å². The number of aromatic nitrogens is 3. The van der Waals surface area contributed by atoms with E-state index in [2.05, 4.69) is 20.8 Å². The molecule has 0 bridgehead atoms. The maximum atomic E-state index is 12.7. The van der Waals surface area contributed by atoms with Crippen molar-refractivity contribution >= 4 is 46.3 Å². The molecule has 2 heterocycles. The third-order valence-electron chi connectivity index (χ3n) is 4.58. The number of thiophene rings is 1. The van der Waals surface area contributed by atoms with Crippen LogP contribution in [0.15, 0.2) is 77.3 Å². The molecule has 0 spiro atoms. The summed E-state index contributed by atoms with van der Waals surface area (Å²) in [5.41, 5.74) is 1.55. The molecule has 4 aromatic rings. The standard InChI is InChI=1S/C23H21N5O2S2/c1-2-28-21(19-13-8-14-31-19)26-27-23(28)32-15-20(29)25-18-12-7-6-11-17(18)22(30)24-16-9-4-3-5-10-16/h3-14H,2,15H2,1H3,(H,24,30)(H,25,29). The van der Waals surface area contributed by atoms with Gasteiger partial charge in [-0.25, -0.2) is 0 Å². The number of hydrogen-bond acceptors (Lipinski definition) is 6. The number of carbonyl (C=O) groups excluding carboxylic acids is 2. The first-order chi connectivity index (χ1) is 15.7. The molecule has 4 rings (SSSR count). The summed E-state index contributed by atoms with van der Waals surface area (Å²) in [6.45, 7) is 2.72. The van der Waals surface area contributed by atoms with Crippen LogP contribution in [0.4, 0.5) is 11.4 Å². The molecule has 0 saturated heterocycles. The minimum atomic E-state index is -0.286. The second-order valence-electron chi connectivity index (χ2n) is 6.73. The summed E-state index contributed by atoms with van der Waals surface area (Å²) in [5.74, 6) is 0.440. The summed E-state index contributed by atoms with van der Waals surface area (Å²) in [6.07, 6.45) is 0. The number of nitrogens with zero attached hydrogens (tertiary/aromatic N) is 3. The lowest BCUT2D eigenvalue weighted by Crippen LogP contribution is -2.19. The van der Waals surface area contributed by atoms with Gasteiger partial charge in [0, 0.05) is 12.2 Å². The molecule has 2 aromatic heterocycles. The summed E-state index contributed by atoms with van der Waals surface area (Å²) in [6, 6.07) is 20.1.